The molecule has 1 aromatic carbocycles. The fraction of sp³-hybridized carbons (Fsp3) is 0.588. The summed E-state index contributed by atoms with van der Waals surface area (Å²) in [7, 11) is 1.42. The number of nitro groups is 1. The van der Waals surface area contributed by atoms with E-state index in [4.69, 9.17) is 9.47 Å². The van der Waals surface area contributed by atoms with Crippen LogP contribution in [0.1, 0.15) is 41.0 Å². The van der Waals surface area contributed by atoms with Crippen LogP contribution in [0.3, 0.4) is 0 Å². The number of hydrogen-bond donors (Lipinski definition) is 1. The molecule has 7 nitrogen and oxygen atoms in total. The van der Waals surface area contributed by atoms with Gasteiger partial charge in [-0.1, -0.05) is 20.8 Å². The van der Waals surface area contributed by atoms with Crippen LogP contribution < -0.4 is 14.8 Å². The number of ether oxygens (including phenoxy) is 2. The van der Waals surface area contributed by atoms with Crippen LogP contribution in [0, 0.1) is 15.5 Å². The molecule has 0 atom stereocenters. The first kappa shape index (κ1) is 19.7. The molecule has 7 heteroatoms. The van der Waals surface area contributed by atoms with Crippen molar-refractivity contribution < 1.29 is 19.2 Å². The Balaban J connectivity index is 2.72. The van der Waals surface area contributed by atoms with E-state index in [-0.39, 0.29) is 29.4 Å². The zero-order valence-corrected chi connectivity index (χ0v) is 15.1. The zero-order valence-electron chi connectivity index (χ0n) is 15.1. The fourth-order valence-corrected chi connectivity index (χ4v) is 2.82. The van der Waals surface area contributed by atoms with Crippen LogP contribution in [0.15, 0.2) is 18.2 Å². The van der Waals surface area contributed by atoms with Crippen molar-refractivity contribution in [3.8, 4) is 11.5 Å². The van der Waals surface area contributed by atoms with E-state index < -0.39 is 10.5 Å². The van der Waals surface area contributed by atoms with Crippen molar-refractivity contribution in [3.05, 3.63) is 28.3 Å². The van der Waals surface area contributed by atoms with Gasteiger partial charge < -0.3 is 14.8 Å². The number of rotatable bonds is 7. The van der Waals surface area contributed by atoms with Gasteiger partial charge in [-0.3, -0.25) is 14.9 Å². The second kappa shape index (κ2) is 7.51. The van der Waals surface area contributed by atoms with Gasteiger partial charge in [-0.05, 0) is 37.8 Å². The third-order valence-corrected chi connectivity index (χ3v) is 3.17. The molecule has 0 aliphatic heterocycles. The maximum absolute atomic E-state index is 12.1. The molecule has 1 amide bonds. The van der Waals surface area contributed by atoms with E-state index in [2.05, 4.69) is 26.1 Å². The number of amides is 1. The molecule has 1 aromatic rings. The van der Waals surface area contributed by atoms with Crippen molar-refractivity contribution in [1.29, 1.82) is 0 Å². The van der Waals surface area contributed by atoms with Gasteiger partial charge in [0.25, 0.3) is 5.91 Å². The Morgan fingerprint density at radius 3 is 2.38 bits per heavy atom. The summed E-state index contributed by atoms with van der Waals surface area (Å²) in [5, 5.41) is 14.0. The van der Waals surface area contributed by atoms with E-state index in [0.717, 1.165) is 6.42 Å². The highest BCUT2D eigenvalue weighted by Gasteiger charge is 2.27. The monoisotopic (exact) mass is 338 g/mol. The molecule has 0 radical (unpaired) electrons. The molecule has 0 fully saturated rings. The first-order valence-corrected chi connectivity index (χ1v) is 7.70. The van der Waals surface area contributed by atoms with E-state index in [1.54, 1.807) is 6.07 Å². The van der Waals surface area contributed by atoms with E-state index in [9.17, 15) is 14.9 Å². The topological polar surface area (TPSA) is 90.7 Å². The lowest BCUT2D eigenvalue weighted by molar-refractivity contribution is -0.385. The number of benzene rings is 1. The third kappa shape index (κ3) is 6.44. The third-order valence-electron chi connectivity index (χ3n) is 3.17. The van der Waals surface area contributed by atoms with Gasteiger partial charge in [0.05, 0.1) is 18.1 Å². The van der Waals surface area contributed by atoms with Gasteiger partial charge in [-0.2, -0.15) is 0 Å². The van der Waals surface area contributed by atoms with Crippen molar-refractivity contribution in [2.75, 3.05) is 13.7 Å². The number of nitrogens with one attached hydrogen (secondary N) is 1. The Hall–Kier alpha value is -2.31. The molecule has 0 aliphatic rings. The minimum absolute atomic E-state index is 0.0320. The smallest absolute Gasteiger partial charge is 0.314 e. The lowest BCUT2D eigenvalue weighted by atomic mass is 9.82. The Morgan fingerprint density at radius 1 is 1.25 bits per heavy atom. The maximum Gasteiger partial charge on any atom is 0.314 e. The molecule has 134 valence electrons. The van der Waals surface area contributed by atoms with E-state index in [1.807, 2.05) is 13.8 Å². The minimum Gasteiger partial charge on any atom is -0.496 e. The molecule has 1 N–H and O–H groups in total. The van der Waals surface area contributed by atoms with E-state index in [0.29, 0.717) is 5.75 Å². The second-order valence-corrected chi connectivity index (χ2v) is 7.55. The number of nitrogens with zero attached hydrogens (tertiary/aromatic N) is 1. The molecular weight excluding hydrogens is 312 g/mol. The van der Waals surface area contributed by atoms with Gasteiger partial charge in [-0.25, -0.2) is 0 Å². The lowest BCUT2D eigenvalue weighted by Crippen LogP contribution is -2.47. The Morgan fingerprint density at radius 2 is 1.88 bits per heavy atom. The lowest BCUT2D eigenvalue weighted by Gasteiger charge is -2.33. The Bertz CT molecular complexity index is 605. The molecule has 24 heavy (non-hydrogen) atoms. The first-order chi connectivity index (χ1) is 10.9. The summed E-state index contributed by atoms with van der Waals surface area (Å²) in [5.74, 6) is 0.0590. The quantitative estimate of drug-likeness (QED) is 0.608. The Labute approximate surface area is 142 Å². The Kier molecular flexibility index (Phi) is 6.17. The van der Waals surface area contributed by atoms with Crippen LogP contribution in [-0.2, 0) is 4.79 Å². The van der Waals surface area contributed by atoms with Crippen molar-refractivity contribution in [2.45, 2.75) is 46.6 Å². The number of hydrogen-bond acceptors (Lipinski definition) is 5. The van der Waals surface area contributed by atoms with Gasteiger partial charge in [0, 0.05) is 5.54 Å². The van der Waals surface area contributed by atoms with Gasteiger partial charge in [0.1, 0.15) is 5.75 Å². The average Bonchev–Trinajstić information content (AvgIpc) is 2.41. The molecule has 0 heterocycles. The summed E-state index contributed by atoms with van der Waals surface area (Å²) in [4.78, 5) is 22.6. The van der Waals surface area contributed by atoms with Crippen molar-refractivity contribution in [3.63, 3.8) is 0 Å². The standard InChI is InChI=1S/C17H26N2O5/c1-16(2,3)11-17(4,5)18-15(20)10-24-14-8-7-12(23-6)9-13(14)19(21)22/h7-9H,10-11H2,1-6H3,(H,18,20). The van der Waals surface area contributed by atoms with Crippen LogP contribution in [0.5, 0.6) is 11.5 Å². The molecule has 0 aliphatic carbocycles. The molecule has 0 bridgehead atoms. The van der Waals surface area contributed by atoms with Crippen LogP contribution in [0.2, 0.25) is 0 Å². The molecule has 0 saturated carbocycles. The summed E-state index contributed by atoms with van der Waals surface area (Å²) in [6.45, 7) is 9.87. The molecular formula is C17H26N2O5. The highest BCUT2D eigenvalue weighted by molar-refractivity contribution is 5.78. The molecule has 1 rings (SSSR count). The molecule has 0 unspecified atom stereocenters. The zero-order chi connectivity index (χ0) is 18.5. The number of carbonyl (C=O) groups excluding carboxylic acids is 1. The van der Waals surface area contributed by atoms with E-state index >= 15 is 0 Å². The van der Waals surface area contributed by atoms with Gasteiger partial charge in [-0.15, -0.1) is 0 Å². The first-order valence-electron chi connectivity index (χ1n) is 7.70. The van der Waals surface area contributed by atoms with Gasteiger partial charge in [0.2, 0.25) is 0 Å². The second-order valence-electron chi connectivity index (χ2n) is 7.55. The minimum atomic E-state index is -0.570. The summed E-state index contributed by atoms with van der Waals surface area (Å²) in [6, 6.07) is 4.23. The van der Waals surface area contributed by atoms with Crippen molar-refractivity contribution in [1.82, 2.24) is 5.32 Å². The largest absolute Gasteiger partial charge is 0.496 e. The summed E-state index contributed by atoms with van der Waals surface area (Å²) < 4.78 is 10.3. The van der Waals surface area contributed by atoms with E-state index in [1.165, 1.54) is 19.2 Å². The summed E-state index contributed by atoms with van der Waals surface area (Å²) >= 11 is 0. The van der Waals surface area contributed by atoms with Crippen LogP contribution >= 0.6 is 0 Å². The van der Waals surface area contributed by atoms with Gasteiger partial charge in [0.15, 0.2) is 12.4 Å². The van der Waals surface area contributed by atoms with Crippen molar-refractivity contribution >= 4 is 11.6 Å². The molecule has 0 aromatic heterocycles. The molecule has 0 saturated heterocycles. The van der Waals surface area contributed by atoms with Crippen LogP contribution in [0.4, 0.5) is 5.69 Å². The predicted molar refractivity (Wildman–Crippen MR) is 91.4 cm³/mol. The summed E-state index contributed by atoms with van der Waals surface area (Å²) in [6.07, 6.45) is 0.786. The van der Waals surface area contributed by atoms with Crippen molar-refractivity contribution in [2.24, 2.45) is 5.41 Å². The number of methoxy groups -OCH3 is 1. The highest BCUT2D eigenvalue weighted by Crippen LogP contribution is 2.31. The van der Waals surface area contributed by atoms with Gasteiger partial charge >= 0.3 is 5.69 Å². The number of carbonyl (C=O) groups is 1. The fourth-order valence-electron chi connectivity index (χ4n) is 2.82. The maximum atomic E-state index is 12.1. The van der Waals surface area contributed by atoms with Crippen LogP contribution in [-0.4, -0.2) is 30.1 Å². The summed E-state index contributed by atoms with van der Waals surface area (Å²) in [5.41, 5.74) is -0.576. The average molecular weight is 338 g/mol. The highest BCUT2D eigenvalue weighted by atomic mass is 16.6. The number of nitro benzene ring substituents is 1. The molecule has 0 spiro atoms. The SMILES string of the molecule is COc1ccc(OCC(=O)NC(C)(C)CC(C)(C)C)c([N+](=O)[O-])c1. The van der Waals surface area contributed by atoms with Crippen LogP contribution in [0.25, 0.3) is 0 Å². The predicted octanol–water partition coefficient (Wildman–Crippen LogP) is 3.31. The normalized spacial score (nSPS) is 11.8.